The van der Waals surface area contributed by atoms with Crippen LogP contribution in [-0.4, -0.2) is 32.6 Å². The van der Waals surface area contributed by atoms with Crippen molar-refractivity contribution in [2.45, 2.75) is 20.8 Å². The third kappa shape index (κ3) is 2.42. The van der Waals surface area contributed by atoms with Crippen molar-refractivity contribution in [2.24, 2.45) is 0 Å². The van der Waals surface area contributed by atoms with Crippen LogP contribution in [0.15, 0.2) is 36.1 Å². The van der Waals surface area contributed by atoms with E-state index in [-0.39, 0.29) is 23.9 Å². The number of amidine groups is 1. The Hall–Kier alpha value is -3.28. The third-order valence-electron chi connectivity index (χ3n) is 4.86. The van der Waals surface area contributed by atoms with Gasteiger partial charge in [-0.15, -0.1) is 0 Å². The van der Waals surface area contributed by atoms with Gasteiger partial charge in [-0.2, -0.15) is 0 Å². The zero-order chi connectivity index (χ0) is 18.6. The van der Waals surface area contributed by atoms with Gasteiger partial charge in [-0.1, -0.05) is 6.07 Å². The zero-order valence-electron chi connectivity index (χ0n) is 14.9. The van der Waals surface area contributed by atoms with Gasteiger partial charge in [-0.3, -0.25) is 5.41 Å². The fraction of sp³-hybridized carbons (Fsp3) is 0.200. The monoisotopic (exact) mass is 348 g/mol. The van der Waals surface area contributed by atoms with Crippen LogP contribution in [0.25, 0.3) is 16.6 Å². The minimum atomic E-state index is 0.0578. The van der Waals surface area contributed by atoms with Crippen molar-refractivity contribution in [3.63, 3.8) is 0 Å². The molecule has 0 saturated heterocycles. The van der Waals surface area contributed by atoms with Gasteiger partial charge < -0.3 is 20.1 Å². The molecule has 2 aromatic carbocycles. The van der Waals surface area contributed by atoms with Crippen molar-refractivity contribution >= 4 is 28.1 Å². The van der Waals surface area contributed by atoms with Crippen LogP contribution in [0, 0.1) is 26.2 Å². The summed E-state index contributed by atoms with van der Waals surface area (Å²) in [5.41, 5.74) is 5.74. The van der Waals surface area contributed by atoms with Crippen molar-refractivity contribution in [3.05, 3.63) is 58.6 Å². The Bertz CT molecular complexity index is 1060. The molecule has 1 aromatic heterocycles. The minimum Gasteiger partial charge on any atom is -0.509 e. The lowest BCUT2D eigenvalue weighted by Crippen LogP contribution is -2.26. The molecule has 0 aliphatic carbocycles. The fourth-order valence-corrected chi connectivity index (χ4v) is 3.28. The fourth-order valence-electron chi connectivity index (χ4n) is 3.28. The molecule has 3 aromatic rings. The first-order chi connectivity index (χ1) is 12.3. The number of imidazole rings is 1. The van der Waals surface area contributed by atoms with Crippen LogP contribution in [0.2, 0.25) is 0 Å². The number of nitrogens with zero attached hydrogens (tertiary/aromatic N) is 2. The molecule has 6 nitrogen and oxygen atoms in total. The molecule has 132 valence electrons. The van der Waals surface area contributed by atoms with Gasteiger partial charge in [-0.05, 0) is 61.7 Å². The summed E-state index contributed by atoms with van der Waals surface area (Å²) in [6, 6.07) is 9.26. The number of aromatic nitrogens is 2. The van der Waals surface area contributed by atoms with E-state index in [4.69, 9.17) is 5.41 Å². The van der Waals surface area contributed by atoms with Crippen molar-refractivity contribution in [2.75, 3.05) is 11.4 Å². The Balaban J connectivity index is 1.75. The molecule has 0 radical (unpaired) electrons. The van der Waals surface area contributed by atoms with Gasteiger partial charge >= 0.3 is 0 Å². The number of benzene rings is 2. The first-order valence-electron chi connectivity index (χ1n) is 8.40. The van der Waals surface area contributed by atoms with Gasteiger partial charge in [0, 0.05) is 0 Å². The molecule has 0 amide bonds. The summed E-state index contributed by atoms with van der Waals surface area (Å²) in [6.07, 6.45) is 0. The Morgan fingerprint density at radius 3 is 2.54 bits per heavy atom. The molecule has 0 fully saturated rings. The van der Waals surface area contributed by atoms with E-state index in [9.17, 15) is 10.2 Å². The number of hydrogen-bond acceptors (Lipinski definition) is 4. The topological polar surface area (TPSA) is 96.2 Å². The quantitative estimate of drug-likeness (QED) is 0.563. The molecule has 0 spiro atoms. The van der Waals surface area contributed by atoms with E-state index in [1.165, 1.54) is 0 Å². The highest BCUT2D eigenvalue weighted by Crippen LogP contribution is 2.35. The molecule has 26 heavy (non-hydrogen) atoms. The number of aryl methyl sites for hydroxylation is 3. The van der Waals surface area contributed by atoms with E-state index in [2.05, 4.69) is 9.97 Å². The Morgan fingerprint density at radius 1 is 1.08 bits per heavy atom. The Labute approximate surface area is 150 Å². The number of aromatic hydroxyl groups is 1. The summed E-state index contributed by atoms with van der Waals surface area (Å²) < 4.78 is 0. The number of anilines is 1. The number of phenols is 1. The summed E-state index contributed by atoms with van der Waals surface area (Å²) in [5.74, 6) is 0.706. The van der Waals surface area contributed by atoms with Crippen LogP contribution in [0.1, 0.15) is 22.5 Å². The summed E-state index contributed by atoms with van der Waals surface area (Å²) in [4.78, 5) is 9.33. The number of aromatic amines is 1. The molecule has 2 heterocycles. The van der Waals surface area contributed by atoms with E-state index in [1.807, 2.05) is 39.0 Å². The zero-order valence-corrected chi connectivity index (χ0v) is 14.9. The van der Waals surface area contributed by atoms with E-state index < -0.39 is 0 Å². The van der Waals surface area contributed by atoms with Gasteiger partial charge in [0.2, 0.25) is 0 Å². The summed E-state index contributed by atoms with van der Waals surface area (Å²) >= 11 is 0. The number of rotatable bonds is 2. The maximum absolute atomic E-state index is 10.5. The number of aliphatic hydroxyl groups excluding tert-OH is 1. The average Bonchev–Trinajstić information content (AvgIpc) is 3.08. The second-order valence-electron chi connectivity index (χ2n) is 6.79. The molecule has 6 heteroatoms. The van der Waals surface area contributed by atoms with Gasteiger partial charge in [-0.25, -0.2) is 4.98 Å². The highest BCUT2D eigenvalue weighted by atomic mass is 16.3. The highest BCUT2D eigenvalue weighted by molar-refractivity contribution is 6.30. The number of aliphatic hydroxyl groups is 1. The number of phenolic OH excluding ortho intramolecular Hbond substituents is 1. The van der Waals surface area contributed by atoms with Crippen molar-refractivity contribution in [1.29, 1.82) is 5.41 Å². The van der Waals surface area contributed by atoms with E-state index in [0.29, 0.717) is 17.1 Å². The van der Waals surface area contributed by atoms with Crippen LogP contribution in [0.4, 0.5) is 5.69 Å². The van der Waals surface area contributed by atoms with Crippen LogP contribution < -0.4 is 4.90 Å². The van der Waals surface area contributed by atoms with Crippen LogP contribution in [0.5, 0.6) is 5.75 Å². The summed E-state index contributed by atoms with van der Waals surface area (Å²) in [7, 11) is 0. The normalized spacial score (nSPS) is 14.7. The first kappa shape index (κ1) is 16.2. The van der Waals surface area contributed by atoms with Gasteiger partial charge in [0.25, 0.3) is 0 Å². The summed E-state index contributed by atoms with van der Waals surface area (Å²) in [5, 5.41) is 29.2. The molecule has 1 aliphatic heterocycles. The lowest BCUT2D eigenvalue weighted by atomic mass is 10.1. The first-order valence-corrected chi connectivity index (χ1v) is 8.40. The largest absolute Gasteiger partial charge is 0.509 e. The third-order valence-corrected chi connectivity index (χ3v) is 4.86. The number of hydrogen-bond donors (Lipinski definition) is 4. The molecular weight excluding hydrogens is 328 g/mol. The van der Waals surface area contributed by atoms with Crippen LogP contribution >= 0.6 is 0 Å². The number of nitrogens with one attached hydrogen (secondary N) is 2. The van der Waals surface area contributed by atoms with Gasteiger partial charge in [0.05, 0.1) is 28.8 Å². The average molecular weight is 348 g/mol. The maximum atomic E-state index is 10.5. The van der Waals surface area contributed by atoms with E-state index >= 15 is 0 Å². The van der Waals surface area contributed by atoms with Gasteiger partial charge in [0.1, 0.15) is 23.2 Å². The predicted octanol–water partition coefficient (Wildman–Crippen LogP) is 3.96. The molecule has 0 saturated carbocycles. The lowest BCUT2D eigenvalue weighted by Gasteiger charge is -2.20. The predicted molar refractivity (Wildman–Crippen MR) is 103 cm³/mol. The van der Waals surface area contributed by atoms with Crippen molar-refractivity contribution < 1.29 is 10.2 Å². The highest BCUT2D eigenvalue weighted by Gasteiger charge is 2.32. The van der Waals surface area contributed by atoms with Gasteiger partial charge in [0.15, 0.2) is 0 Å². The molecule has 0 unspecified atom stereocenters. The molecular formula is C20H20N4O2. The molecule has 1 aliphatic rings. The molecule has 0 bridgehead atoms. The minimum absolute atomic E-state index is 0.0578. The molecule has 4 N–H and O–H groups in total. The van der Waals surface area contributed by atoms with Crippen LogP contribution in [-0.2, 0) is 0 Å². The maximum Gasteiger partial charge on any atom is 0.145 e. The standard InChI is InChI=1S/C20H20N4O2/c1-10-4-5-15(16(25)6-10)24-9-17(26)18(19(24)21)20-22-13-7-11(2)12(3)8-14(13)23-20/h4-8,21,25-26H,9H2,1-3H3,(H,22,23). The smallest absolute Gasteiger partial charge is 0.145 e. The lowest BCUT2D eigenvalue weighted by molar-refractivity contribution is 0.410. The van der Waals surface area contributed by atoms with E-state index in [1.54, 1.807) is 17.0 Å². The number of fused-ring (bicyclic) bond motifs is 1. The Morgan fingerprint density at radius 2 is 1.81 bits per heavy atom. The number of H-pyrrole nitrogens is 1. The second-order valence-corrected chi connectivity index (χ2v) is 6.79. The molecule has 0 atom stereocenters. The SMILES string of the molecule is Cc1ccc(N2CC(O)=C(c3nc4cc(C)c(C)cc4[nH]3)C2=N)c(O)c1. The van der Waals surface area contributed by atoms with Crippen molar-refractivity contribution in [3.8, 4) is 5.75 Å². The van der Waals surface area contributed by atoms with E-state index in [0.717, 1.165) is 27.7 Å². The molecule has 4 rings (SSSR count). The van der Waals surface area contributed by atoms with Crippen molar-refractivity contribution in [1.82, 2.24) is 9.97 Å². The second kappa shape index (κ2) is 5.62. The Kier molecular flexibility index (Phi) is 3.50. The van der Waals surface area contributed by atoms with Crippen LogP contribution in [0.3, 0.4) is 0 Å². The summed E-state index contributed by atoms with van der Waals surface area (Å²) in [6.45, 7) is 6.07.